The number of benzene rings is 2. The second kappa shape index (κ2) is 10.8. The summed E-state index contributed by atoms with van der Waals surface area (Å²) in [6.07, 6.45) is 5.79. The van der Waals surface area contributed by atoms with Gasteiger partial charge in [0.15, 0.2) is 6.61 Å². The van der Waals surface area contributed by atoms with E-state index in [0.717, 1.165) is 4.47 Å². The Kier molecular flexibility index (Phi) is 7.57. The maximum Gasteiger partial charge on any atom is 0.336 e. The largest absolute Gasteiger partial charge is 0.484 e. The SMILES string of the molecule is O=C(COc1cccc(Br)c1)NN=Cc1ccc(OC(=O)C=Cc2ccco2)cc1. The topological polar surface area (TPSA) is 90.1 Å². The zero-order valence-electron chi connectivity index (χ0n) is 15.7. The van der Waals surface area contributed by atoms with Crippen LogP contribution in [0.4, 0.5) is 0 Å². The highest BCUT2D eigenvalue weighted by Crippen LogP contribution is 2.17. The molecule has 8 heteroatoms. The number of hydrogen-bond acceptors (Lipinski definition) is 6. The Hall–Kier alpha value is -3.65. The van der Waals surface area contributed by atoms with E-state index in [0.29, 0.717) is 22.8 Å². The Morgan fingerprint density at radius 1 is 1.07 bits per heavy atom. The van der Waals surface area contributed by atoms with Crippen molar-refractivity contribution in [2.24, 2.45) is 5.10 Å². The van der Waals surface area contributed by atoms with Gasteiger partial charge in [0.2, 0.25) is 0 Å². The number of furan rings is 1. The molecule has 0 fully saturated rings. The number of carbonyl (C=O) groups is 2. The van der Waals surface area contributed by atoms with Crippen molar-refractivity contribution in [3.8, 4) is 11.5 Å². The fourth-order valence-corrected chi connectivity index (χ4v) is 2.60. The van der Waals surface area contributed by atoms with Crippen LogP contribution in [0.25, 0.3) is 6.08 Å². The van der Waals surface area contributed by atoms with Crippen molar-refractivity contribution in [1.29, 1.82) is 0 Å². The predicted molar refractivity (Wildman–Crippen MR) is 115 cm³/mol. The van der Waals surface area contributed by atoms with Gasteiger partial charge in [-0.3, -0.25) is 4.79 Å². The summed E-state index contributed by atoms with van der Waals surface area (Å²) in [6.45, 7) is -0.159. The van der Waals surface area contributed by atoms with Crippen LogP contribution in [-0.2, 0) is 9.59 Å². The van der Waals surface area contributed by atoms with Crippen LogP contribution in [0.5, 0.6) is 11.5 Å². The summed E-state index contributed by atoms with van der Waals surface area (Å²) < 4.78 is 16.5. The Balaban J connectivity index is 1.42. The first-order valence-electron chi connectivity index (χ1n) is 8.82. The summed E-state index contributed by atoms with van der Waals surface area (Å²) in [6, 6.07) is 17.3. The highest BCUT2D eigenvalue weighted by Gasteiger charge is 2.03. The molecule has 7 nitrogen and oxygen atoms in total. The fraction of sp³-hybridized carbons (Fsp3) is 0.0455. The molecule has 0 bridgehead atoms. The predicted octanol–water partition coefficient (Wildman–Crippen LogP) is 4.19. The molecular weight excluding hydrogens is 452 g/mol. The number of esters is 1. The van der Waals surface area contributed by atoms with Crippen LogP contribution >= 0.6 is 15.9 Å². The number of carbonyl (C=O) groups excluding carboxylic acids is 2. The average Bonchev–Trinajstić information content (AvgIpc) is 3.26. The highest BCUT2D eigenvalue weighted by atomic mass is 79.9. The molecule has 30 heavy (non-hydrogen) atoms. The lowest BCUT2D eigenvalue weighted by Gasteiger charge is -2.05. The van der Waals surface area contributed by atoms with Crippen molar-refractivity contribution in [2.45, 2.75) is 0 Å². The maximum absolute atomic E-state index is 11.8. The maximum atomic E-state index is 11.8. The van der Waals surface area contributed by atoms with E-state index in [2.05, 4.69) is 26.5 Å². The van der Waals surface area contributed by atoms with Crippen LogP contribution in [0, 0.1) is 0 Å². The van der Waals surface area contributed by atoms with E-state index >= 15 is 0 Å². The third kappa shape index (κ3) is 7.06. The second-order valence-corrected chi connectivity index (χ2v) is 6.79. The highest BCUT2D eigenvalue weighted by molar-refractivity contribution is 9.10. The number of amides is 1. The summed E-state index contributed by atoms with van der Waals surface area (Å²) in [5.74, 6) is 0.605. The number of nitrogens with zero attached hydrogens (tertiary/aromatic N) is 1. The van der Waals surface area contributed by atoms with Crippen LogP contribution in [0.1, 0.15) is 11.3 Å². The first-order valence-corrected chi connectivity index (χ1v) is 9.61. The fourth-order valence-electron chi connectivity index (χ4n) is 2.23. The standard InChI is InChI=1S/C22H17BrN2O5/c23-17-3-1-4-20(13-17)29-15-21(26)25-24-14-16-6-8-19(9-7-16)30-22(27)11-10-18-5-2-12-28-18/h1-14H,15H2,(H,25,26). The van der Waals surface area contributed by atoms with Crippen LogP contribution in [0.2, 0.25) is 0 Å². The molecule has 3 aromatic rings. The van der Waals surface area contributed by atoms with E-state index < -0.39 is 5.97 Å². The van der Waals surface area contributed by atoms with Gasteiger partial charge in [0.05, 0.1) is 12.5 Å². The van der Waals surface area contributed by atoms with Crippen molar-refractivity contribution >= 4 is 40.1 Å². The van der Waals surface area contributed by atoms with Crippen molar-refractivity contribution in [1.82, 2.24) is 5.43 Å². The molecule has 0 spiro atoms. The van der Waals surface area contributed by atoms with E-state index in [9.17, 15) is 9.59 Å². The zero-order valence-corrected chi connectivity index (χ0v) is 17.2. The third-order valence-electron chi connectivity index (χ3n) is 3.59. The molecule has 0 aliphatic carbocycles. The molecule has 0 aliphatic rings. The molecular formula is C22H17BrN2O5. The average molecular weight is 469 g/mol. The van der Waals surface area contributed by atoms with E-state index in [1.807, 2.05) is 12.1 Å². The lowest BCUT2D eigenvalue weighted by atomic mass is 10.2. The molecule has 1 heterocycles. The monoisotopic (exact) mass is 468 g/mol. The number of hydrogen-bond donors (Lipinski definition) is 1. The van der Waals surface area contributed by atoms with E-state index in [-0.39, 0.29) is 12.5 Å². The molecule has 1 amide bonds. The number of rotatable bonds is 8. The third-order valence-corrected chi connectivity index (χ3v) is 4.09. The molecule has 2 aromatic carbocycles. The van der Waals surface area contributed by atoms with E-state index in [4.69, 9.17) is 13.9 Å². The van der Waals surface area contributed by atoms with Crippen LogP contribution in [0.15, 0.2) is 87.0 Å². The minimum Gasteiger partial charge on any atom is -0.484 e. The smallest absolute Gasteiger partial charge is 0.336 e. The number of hydrazone groups is 1. The van der Waals surface area contributed by atoms with Gasteiger partial charge in [-0.15, -0.1) is 0 Å². The molecule has 1 N–H and O–H groups in total. The Morgan fingerprint density at radius 2 is 1.90 bits per heavy atom. The Morgan fingerprint density at radius 3 is 2.63 bits per heavy atom. The minimum atomic E-state index is -0.523. The quantitative estimate of drug-likeness (QED) is 0.176. The van der Waals surface area contributed by atoms with Gasteiger partial charge in [-0.1, -0.05) is 22.0 Å². The van der Waals surface area contributed by atoms with Crippen LogP contribution in [0.3, 0.4) is 0 Å². The molecule has 0 saturated carbocycles. The molecule has 152 valence electrons. The van der Waals surface area contributed by atoms with Crippen molar-refractivity contribution < 1.29 is 23.5 Å². The lowest BCUT2D eigenvalue weighted by molar-refractivity contribution is -0.129. The van der Waals surface area contributed by atoms with Crippen molar-refractivity contribution in [3.05, 3.63) is 88.8 Å². The summed E-state index contributed by atoms with van der Waals surface area (Å²) in [5, 5.41) is 3.88. The molecule has 0 atom stereocenters. The lowest BCUT2D eigenvalue weighted by Crippen LogP contribution is -2.24. The molecule has 3 rings (SSSR count). The summed E-state index contributed by atoms with van der Waals surface area (Å²) in [4.78, 5) is 23.6. The number of halogens is 1. The van der Waals surface area contributed by atoms with Crippen LogP contribution < -0.4 is 14.9 Å². The van der Waals surface area contributed by atoms with Gasteiger partial charge in [0, 0.05) is 10.5 Å². The summed E-state index contributed by atoms with van der Waals surface area (Å²) >= 11 is 3.33. The minimum absolute atomic E-state index is 0.159. The summed E-state index contributed by atoms with van der Waals surface area (Å²) in [5.41, 5.74) is 3.10. The molecule has 0 radical (unpaired) electrons. The molecule has 1 aromatic heterocycles. The van der Waals surface area contributed by atoms with Crippen molar-refractivity contribution in [3.63, 3.8) is 0 Å². The molecule has 0 unspecified atom stereocenters. The van der Waals surface area contributed by atoms with Gasteiger partial charge in [-0.05, 0) is 66.2 Å². The number of nitrogens with one attached hydrogen (secondary N) is 1. The van der Waals surface area contributed by atoms with Gasteiger partial charge in [-0.2, -0.15) is 5.10 Å². The summed E-state index contributed by atoms with van der Waals surface area (Å²) in [7, 11) is 0. The first-order chi connectivity index (χ1) is 14.6. The van der Waals surface area contributed by atoms with Gasteiger partial charge in [0.25, 0.3) is 5.91 Å². The Labute approximate surface area is 181 Å². The number of ether oxygens (including phenoxy) is 2. The normalized spacial score (nSPS) is 11.0. The second-order valence-electron chi connectivity index (χ2n) is 5.88. The van der Waals surface area contributed by atoms with Gasteiger partial charge in [0.1, 0.15) is 17.3 Å². The first kappa shape index (κ1) is 21.1. The van der Waals surface area contributed by atoms with E-state index in [1.54, 1.807) is 48.5 Å². The van der Waals surface area contributed by atoms with Crippen molar-refractivity contribution in [2.75, 3.05) is 6.61 Å². The van der Waals surface area contributed by atoms with Gasteiger partial charge in [-0.25, -0.2) is 10.2 Å². The van der Waals surface area contributed by atoms with Crippen LogP contribution in [-0.4, -0.2) is 24.7 Å². The van der Waals surface area contributed by atoms with E-state index in [1.165, 1.54) is 24.6 Å². The molecule has 0 saturated heterocycles. The van der Waals surface area contributed by atoms with Gasteiger partial charge < -0.3 is 13.9 Å². The Bertz CT molecular complexity index is 1040. The molecule has 0 aliphatic heterocycles. The van der Waals surface area contributed by atoms with Gasteiger partial charge >= 0.3 is 5.97 Å². The zero-order chi connectivity index (χ0) is 21.2.